The molecule has 3 heteroatoms. The summed E-state index contributed by atoms with van der Waals surface area (Å²) in [7, 11) is 2.06. The molecule has 0 spiro atoms. The average molecular weight is 283 g/mol. The second-order valence-electron chi connectivity index (χ2n) is 6.02. The Morgan fingerprint density at radius 2 is 1.67 bits per heavy atom. The fraction of sp³-hybridized carbons (Fsp3) is 0.389. The lowest BCUT2D eigenvalue weighted by Crippen LogP contribution is -2.14. The maximum Gasteiger partial charge on any atom is 0.133 e. The zero-order chi connectivity index (χ0) is 15.6. The van der Waals surface area contributed by atoms with Gasteiger partial charge in [-0.2, -0.15) is 0 Å². The maximum atomic E-state index is 5.83. The number of aromatic nitrogens is 1. The van der Waals surface area contributed by atoms with Crippen LogP contribution in [0.4, 0.5) is 11.5 Å². The Hall–Kier alpha value is -1.87. The van der Waals surface area contributed by atoms with Gasteiger partial charge in [-0.3, -0.25) is 0 Å². The van der Waals surface area contributed by atoms with E-state index in [-0.39, 0.29) is 0 Å². The van der Waals surface area contributed by atoms with Crippen molar-refractivity contribution in [2.45, 2.75) is 40.2 Å². The van der Waals surface area contributed by atoms with E-state index in [4.69, 9.17) is 10.7 Å². The number of nitrogens with zero attached hydrogens (tertiary/aromatic N) is 2. The van der Waals surface area contributed by atoms with Gasteiger partial charge in [0.15, 0.2) is 0 Å². The van der Waals surface area contributed by atoms with Gasteiger partial charge in [0.1, 0.15) is 5.82 Å². The van der Waals surface area contributed by atoms with Gasteiger partial charge in [0.2, 0.25) is 0 Å². The Balaban J connectivity index is 2.46. The Morgan fingerprint density at radius 1 is 1.05 bits per heavy atom. The van der Waals surface area contributed by atoms with Crippen LogP contribution in [0.25, 0.3) is 0 Å². The van der Waals surface area contributed by atoms with Gasteiger partial charge in [0, 0.05) is 25.0 Å². The minimum Gasteiger partial charge on any atom is -0.329 e. The van der Waals surface area contributed by atoms with Gasteiger partial charge in [-0.1, -0.05) is 19.9 Å². The van der Waals surface area contributed by atoms with Crippen molar-refractivity contribution in [1.82, 2.24) is 4.98 Å². The van der Waals surface area contributed by atoms with Crippen LogP contribution in [0, 0.1) is 13.8 Å². The van der Waals surface area contributed by atoms with E-state index in [0.29, 0.717) is 12.5 Å². The number of rotatable bonds is 4. The summed E-state index contributed by atoms with van der Waals surface area (Å²) in [5.74, 6) is 1.34. The molecule has 1 aromatic heterocycles. The zero-order valence-electron chi connectivity index (χ0n) is 13.6. The summed E-state index contributed by atoms with van der Waals surface area (Å²) < 4.78 is 0. The summed E-state index contributed by atoms with van der Waals surface area (Å²) in [6, 6.07) is 10.7. The third kappa shape index (κ3) is 3.61. The van der Waals surface area contributed by atoms with Crippen LogP contribution < -0.4 is 10.6 Å². The van der Waals surface area contributed by atoms with Crippen molar-refractivity contribution in [2.75, 3.05) is 11.9 Å². The molecule has 0 aliphatic carbocycles. The van der Waals surface area contributed by atoms with E-state index in [0.717, 1.165) is 22.8 Å². The van der Waals surface area contributed by atoms with E-state index in [2.05, 4.69) is 70.0 Å². The number of anilines is 2. The molecular weight excluding hydrogens is 258 g/mol. The fourth-order valence-corrected chi connectivity index (χ4v) is 2.46. The van der Waals surface area contributed by atoms with Crippen molar-refractivity contribution in [2.24, 2.45) is 5.73 Å². The number of nitrogens with two attached hydrogens (primary N) is 1. The normalized spacial score (nSPS) is 11.0. The van der Waals surface area contributed by atoms with Gasteiger partial charge in [-0.25, -0.2) is 4.98 Å². The highest BCUT2D eigenvalue weighted by Gasteiger charge is 2.11. The Labute approximate surface area is 127 Å². The molecule has 0 fully saturated rings. The Bertz CT molecular complexity index is 612. The molecule has 0 aliphatic rings. The molecule has 1 heterocycles. The molecule has 2 rings (SSSR count). The molecule has 21 heavy (non-hydrogen) atoms. The average Bonchev–Trinajstić information content (AvgIpc) is 2.44. The number of hydrogen-bond donors (Lipinski definition) is 1. The first kappa shape index (κ1) is 15.5. The van der Waals surface area contributed by atoms with Crippen molar-refractivity contribution < 1.29 is 0 Å². The molecule has 2 aromatic rings. The molecule has 0 saturated carbocycles. The van der Waals surface area contributed by atoms with Crippen LogP contribution in [0.2, 0.25) is 0 Å². The second-order valence-corrected chi connectivity index (χ2v) is 6.02. The topological polar surface area (TPSA) is 42.1 Å². The van der Waals surface area contributed by atoms with E-state index in [1.807, 2.05) is 0 Å². The molecule has 0 amide bonds. The van der Waals surface area contributed by atoms with E-state index >= 15 is 0 Å². The first-order valence-corrected chi connectivity index (χ1v) is 7.43. The summed E-state index contributed by atoms with van der Waals surface area (Å²) in [5.41, 5.74) is 11.7. The highest BCUT2D eigenvalue weighted by molar-refractivity contribution is 5.61. The summed E-state index contributed by atoms with van der Waals surface area (Å²) in [6.45, 7) is 9.09. The predicted octanol–water partition coefficient (Wildman–Crippen LogP) is 4.05. The molecule has 0 bridgehead atoms. The van der Waals surface area contributed by atoms with Crippen molar-refractivity contribution in [3.05, 3.63) is 52.7 Å². The van der Waals surface area contributed by atoms with Crippen molar-refractivity contribution in [3.8, 4) is 0 Å². The number of pyridine rings is 1. The quantitative estimate of drug-likeness (QED) is 0.920. The summed E-state index contributed by atoms with van der Waals surface area (Å²) in [4.78, 5) is 6.92. The molecule has 0 atom stereocenters. The first-order valence-electron chi connectivity index (χ1n) is 7.43. The SMILES string of the molecule is Cc1cc(C)cc(N(C)c2cc(CN)cc(C(C)C)n2)c1. The number of aryl methyl sites for hydroxylation is 2. The molecule has 0 saturated heterocycles. The highest BCUT2D eigenvalue weighted by atomic mass is 15.2. The van der Waals surface area contributed by atoms with Crippen LogP contribution in [0.5, 0.6) is 0 Å². The minimum atomic E-state index is 0.392. The highest BCUT2D eigenvalue weighted by Crippen LogP contribution is 2.26. The maximum absolute atomic E-state index is 5.83. The zero-order valence-corrected chi connectivity index (χ0v) is 13.6. The molecule has 0 unspecified atom stereocenters. The smallest absolute Gasteiger partial charge is 0.133 e. The molecule has 2 N–H and O–H groups in total. The fourth-order valence-electron chi connectivity index (χ4n) is 2.46. The predicted molar refractivity (Wildman–Crippen MR) is 90.2 cm³/mol. The molecule has 0 radical (unpaired) electrons. The van der Waals surface area contributed by atoms with E-state index in [1.54, 1.807) is 0 Å². The summed E-state index contributed by atoms with van der Waals surface area (Å²) >= 11 is 0. The van der Waals surface area contributed by atoms with Crippen molar-refractivity contribution in [3.63, 3.8) is 0 Å². The standard InChI is InChI=1S/C18H25N3/c1-12(2)17-9-15(11-19)10-18(20-17)21(5)16-7-13(3)6-14(4)8-16/h6-10,12H,11,19H2,1-5H3. The largest absolute Gasteiger partial charge is 0.329 e. The van der Waals surface area contributed by atoms with Crippen LogP contribution in [0.3, 0.4) is 0 Å². The van der Waals surface area contributed by atoms with Crippen LogP contribution >= 0.6 is 0 Å². The van der Waals surface area contributed by atoms with Crippen LogP contribution in [0.1, 0.15) is 42.1 Å². The summed E-state index contributed by atoms with van der Waals surface area (Å²) in [5, 5.41) is 0. The molecule has 0 aliphatic heterocycles. The van der Waals surface area contributed by atoms with Crippen LogP contribution in [0.15, 0.2) is 30.3 Å². The second kappa shape index (κ2) is 6.27. The Kier molecular flexibility index (Phi) is 4.63. The van der Waals surface area contributed by atoms with E-state index < -0.39 is 0 Å². The van der Waals surface area contributed by atoms with Gasteiger partial charge >= 0.3 is 0 Å². The van der Waals surface area contributed by atoms with Gasteiger partial charge < -0.3 is 10.6 Å². The van der Waals surface area contributed by atoms with Crippen molar-refractivity contribution in [1.29, 1.82) is 0 Å². The first-order chi connectivity index (χ1) is 9.90. The van der Waals surface area contributed by atoms with E-state index in [9.17, 15) is 0 Å². The van der Waals surface area contributed by atoms with Crippen LogP contribution in [-0.2, 0) is 6.54 Å². The monoisotopic (exact) mass is 283 g/mol. The van der Waals surface area contributed by atoms with Gasteiger partial charge in [0.25, 0.3) is 0 Å². The van der Waals surface area contributed by atoms with Gasteiger partial charge in [-0.05, 0) is 60.7 Å². The number of benzene rings is 1. The van der Waals surface area contributed by atoms with Gasteiger partial charge in [0.05, 0.1) is 0 Å². The summed E-state index contributed by atoms with van der Waals surface area (Å²) in [6.07, 6.45) is 0. The molecule has 1 aromatic carbocycles. The molecular formula is C18H25N3. The number of hydrogen-bond acceptors (Lipinski definition) is 3. The van der Waals surface area contributed by atoms with Crippen LogP contribution in [-0.4, -0.2) is 12.0 Å². The van der Waals surface area contributed by atoms with Crippen molar-refractivity contribution >= 4 is 11.5 Å². The lowest BCUT2D eigenvalue weighted by molar-refractivity contribution is 0.814. The molecule has 3 nitrogen and oxygen atoms in total. The Morgan fingerprint density at radius 3 is 2.19 bits per heavy atom. The van der Waals surface area contributed by atoms with Gasteiger partial charge in [-0.15, -0.1) is 0 Å². The van der Waals surface area contributed by atoms with E-state index in [1.165, 1.54) is 11.1 Å². The lowest BCUT2D eigenvalue weighted by Gasteiger charge is -2.22. The third-order valence-electron chi connectivity index (χ3n) is 3.66. The lowest BCUT2D eigenvalue weighted by atomic mass is 10.1. The minimum absolute atomic E-state index is 0.392. The third-order valence-corrected chi connectivity index (χ3v) is 3.66. The molecule has 112 valence electrons.